The van der Waals surface area contributed by atoms with Gasteiger partial charge in [0, 0.05) is 55.9 Å². The van der Waals surface area contributed by atoms with Crippen molar-refractivity contribution in [3.63, 3.8) is 0 Å². The molecule has 0 bridgehead atoms. The minimum Gasteiger partial charge on any atom is -0.462 e. The number of hydrogen-bond donors (Lipinski definition) is 0. The molecule has 2 fully saturated rings. The van der Waals surface area contributed by atoms with Gasteiger partial charge in [0.15, 0.2) is 0 Å². The first kappa shape index (κ1) is 30.1. The summed E-state index contributed by atoms with van der Waals surface area (Å²) in [6, 6.07) is 9.05. The van der Waals surface area contributed by atoms with E-state index in [1.165, 1.54) is 25.0 Å². The Balaban J connectivity index is 1.31. The van der Waals surface area contributed by atoms with Crippen LogP contribution in [-0.2, 0) is 17.8 Å². The molecule has 230 valence electrons. The third-order valence-electron chi connectivity index (χ3n) is 8.79. The van der Waals surface area contributed by atoms with Crippen molar-refractivity contribution in [1.29, 1.82) is 0 Å². The van der Waals surface area contributed by atoms with Crippen LogP contribution in [-0.4, -0.2) is 91.2 Å². The second-order valence-corrected chi connectivity index (χ2v) is 12.3. The fourth-order valence-electron chi connectivity index (χ4n) is 6.32. The number of piperazine rings is 1. The van der Waals surface area contributed by atoms with Crippen LogP contribution >= 0.6 is 11.6 Å². The second kappa shape index (κ2) is 13.0. The van der Waals surface area contributed by atoms with Crippen molar-refractivity contribution in [3.8, 4) is 6.01 Å². The van der Waals surface area contributed by atoms with E-state index in [0.29, 0.717) is 57.1 Å². The number of anilines is 2. The molecular formula is C33H37ClFN7O2. The van der Waals surface area contributed by atoms with Crippen molar-refractivity contribution in [3.05, 3.63) is 76.5 Å². The number of benzene rings is 2. The number of carbonyl (C=O) groups is 1. The lowest BCUT2D eigenvalue weighted by molar-refractivity contribution is -0.128. The predicted molar refractivity (Wildman–Crippen MR) is 171 cm³/mol. The molecule has 44 heavy (non-hydrogen) atoms. The van der Waals surface area contributed by atoms with E-state index in [0.717, 1.165) is 47.2 Å². The smallest absolute Gasteiger partial charge is 0.318 e. The number of fused-ring (bicyclic) bond motifs is 2. The second-order valence-electron chi connectivity index (χ2n) is 11.9. The molecule has 0 spiro atoms. The van der Waals surface area contributed by atoms with E-state index < -0.39 is 5.82 Å². The zero-order chi connectivity index (χ0) is 30.8. The number of amides is 1. The molecule has 1 saturated carbocycles. The number of halogens is 2. The Morgan fingerprint density at radius 2 is 2.07 bits per heavy atom. The number of rotatable bonds is 10. The van der Waals surface area contributed by atoms with Crippen molar-refractivity contribution >= 4 is 39.8 Å². The quantitative estimate of drug-likeness (QED) is 0.239. The number of nitrogens with zero attached hydrogens (tertiary/aromatic N) is 7. The van der Waals surface area contributed by atoms with Crippen LogP contribution in [0.3, 0.4) is 0 Å². The van der Waals surface area contributed by atoms with Gasteiger partial charge in [-0.2, -0.15) is 9.97 Å². The highest BCUT2D eigenvalue weighted by Gasteiger charge is 2.35. The van der Waals surface area contributed by atoms with Gasteiger partial charge in [-0.05, 0) is 55.8 Å². The molecule has 6 rings (SSSR count). The number of ether oxygens (including phenoxy) is 1. The third-order valence-corrected chi connectivity index (χ3v) is 9.16. The SMILES string of the molecule is [C-]#[N+]C[C@H]1CN(c2nc(OCCN(C)CC3CC3)nc3c2CCN(c2cccc4ccc(F)c(Cl)c24)C3)CCN1C(=O)C=C. The largest absolute Gasteiger partial charge is 0.462 e. The number of likely N-dealkylation sites (N-methyl/N-ethyl adjacent to an activating group) is 1. The summed E-state index contributed by atoms with van der Waals surface area (Å²) in [5.74, 6) is 0.976. The summed E-state index contributed by atoms with van der Waals surface area (Å²) < 4.78 is 20.7. The first-order valence-corrected chi connectivity index (χ1v) is 15.6. The topological polar surface area (TPSA) is 69.4 Å². The standard InChI is InChI=1S/C33H37ClFN7O2/c1-4-29(43)42-15-14-41(20-24(42)18-36-2)32-25-12-13-40(28-7-5-6-23-10-11-26(35)31(34)30(23)28)21-27(25)37-33(38-32)44-17-16-39(3)19-22-8-9-22/h4-7,10-11,22,24H,1,8-9,12-21H2,3H3/t24-/m0/s1. The number of carbonyl (C=O) groups excluding carboxylic acids is 1. The molecule has 11 heteroatoms. The van der Waals surface area contributed by atoms with Crippen LogP contribution in [0.1, 0.15) is 24.1 Å². The van der Waals surface area contributed by atoms with Gasteiger partial charge in [0.2, 0.25) is 12.5 Å². The Hall–Kier alpha value is -3.94. The van der Waals surface area contributed by atoms with Crippen molar-refractivity contribution in [2.75, 3.05) is 69.3 Å². The van der Waals surface area contributed by atoms with Gasteiger partial charge in [0.1, 0.15) is 24.3 Å². The van der Waals surface area contributed by atoms with Gasteiger partial charge >= 0.3 is 6.01 Å². The van der Waals surface area contributed by atoms with Gasteiger partial charge in [0.25, 0.3) is 0 Å². The van der Waals surface area contributed by atoms with Crippen LogP contribution in [0.25, 0.3) is 15.6 Å². The Bertz CT molecular complexity index is 1610. The lowest BCUT2D eigenvalue weighted by atomic mass is 10.0. The average Bonchev–Trinajstić information content (AvgIpc) is 3.85. The summed E-state index contributed by atoms with van der Waals surface area (Å²) in [4.78, 5) is 34.3. The Morgan fingerprint density at radius 3 is 2.84 bits per heavy atom. The van der Waals surface area contributed by atoms with Crippen LogP contribution in [0, 0.1) is 18.3 Å². The molecule has 0 radical (unpaired) electrons. The van der Waals surface area contributed by atoms with E-state index in [1.807, 2.05) is 18.2 Å². The minimum absolute atomic E-state index is 0.115. The summed E-state index contributed by atoms with van der Waals surface area (Å²) in [7, 11) is 2.11. The zero-order valence-electron chi connectivity index (χ0n) is 25.0. The molecule has 3 aromatic rings. The van der Waals surface area contributed by atoms with Gasteiger partial charge in [-0.25, -0.2) is 11.0 Å². The van der Waals surface area contributed by atoms with Crippen LogP contribution in [0.2, 0.25) is 5.02 Å². The molecule has 0 N–H and O–H groups in total. The molecule has 2 aromatic carbocycles. The molecule has 0 unspecified atom stereocenters. The molecule has 3 heterocycles. The van der Waals surface area contributed by atoms with E-state index >= 15 is 0 Å². The fraction of sp³-hybridized carbons (Fsp3) is 0.455. The predicted octanol–water partition coefficient (Wildman–Crippen LogP) is 4.83. The summed E-state index contributed by atoms with van der Waals surface area (Å²) in [6.45, 7) is 16.3. The monoisotopic (exact) mass is 617 g/mol. The van der Waals surface area contributed by atoms with Crippen LogP contribution in [0.4, 0.5) is 15.9 Å². The van der Waals surface area contributed by atoms with Crippen LogP contribution < -0.4 is 14.5 Å². The average molecular weight is 618 g/mol. The summed E-state index contributed by atoms with van der Waals surface area (Å²) in [5.41, 5.74) is 2.73. The maximum absolute atomic E-state index is 14.5. The summed E-state index contributed by atoms with van der Waals surface area (Å²) >= 11 is 6.49. The van der Waals surface area contributed by atoms with Gasteiger partial charge in [-0.15, -0.1) is 0 Å². The van der Waals surface area contributed by atoms with Crippen LogP contribution in [0.15, 0.2) is 43.0 Å². The highest BCUT2D eigenvalue weighted by atomic mass is 35.5. The first-order valence-electron chi connectivity index (χ1n) is 15.2. The minimum atomic E-state index is -0.445. The third kappa shape index (κ3) is 6.30. The van der Waals surface area contributed by atoms with E-state index in [4.69, 9.17) is 32.9 Å². The van der Waals surface area contributed by atoms with Crippen LogP contribution in [0.5, 0.6) is 6.01 Å². The molecule has 1 saturated heterocycles. The Morgan fingerprint density at radius 1 is 1.23 bits per heavy atom. The van der Waals surface area contributed by atoms with Gasteiger partial charge in [-0.1, -0.05) is 36.4 Å². The number of hydrogen-bond acceptors (Lipinski definition) is 7. The molecular weight excluding hydrogens is 581 g/mol. The summed E-state index contributed by atoms with van der Waals surface area (Å²) in [6.07, 6.45) is 4.57. The van der Waals surface area contributed by atoms with Crippen molar-refractivity contribution in [1.82, 2.24) is 19.8 Å². The fourth-order valence-corrected chi connectivity index (χ4v) is 6.59. The maximum atomic E-state index is 14.5. The lowest BCUT2D eigenvalue weighted by Crippen LogP contribution is -2.56. The van der Waals surface area contributed by atoms with E-state index in [-0.39, 0.29) is 23.5 Å². The van der Waals surface area contributed by atoms with Gasteiger partial charge < -0.3 is 29.2 Å². The molecule has 1 atom stereocenters. The van der Waals surface area contributed by atoms with Crippen molar-refractivity contribution < 1.29 is 13.9 Å². The Labute approximate surface area is 262 Å². The molecule has 2 aliphatic heterocycles. The summed E-state index contributed by atoms with van der Waals surface area (Å²) in [5, 5.41) is 1.68. The molecule has 3 aliphatic rings. The van der Waals surface area contributed by atoms with Gasteiger partial charge in [-0.3, -0.25) is 4.79 Å². The first-order chi connectivity index (χ1) is 21.4. The van der Waals surface area contributed by atoms with E-state index in [1.54, 1.807) is 11.0 Å². The van der Waals surface area contributed by atoms with Gasteiger partial charge in [0.05, 0.1) is 17.3 Å². The van der Waals surface area contributed by atoms with Crippen molar-refractivity contribution in [2.45, 2.75) is 31.8 Å². The van der Waals surface area contributed by atoms with E-state index in [9.17, 15) is 9.18 Å². The molecule has 1 aromatic heterocycles. The highest BCUT2D eigenvalue weighted by molar-refractivity contribution is 6.36. The maximum Gasteiger partial charge on any atom is 0.318 e. The molecule has 9 nitrogen and oxygen atoms in total. The molecule has 1 aliphatic carbocycles. The number of aromatic nitrogens is 2. The normalized spacial score (nSPS) is 18.3. The van der Waals surface area contributed by atoms with E-state index in [2.05, 4.69) is 33.2 Å². The Kier molecular flexibility index (Phi) is 8.87. The lowest BCUT2D eigenvalue weighted by Gasteiger charge is -2.41. The zero-order valence-corrected chi connectivity index (χ0v) is 25.8. The highest BCUT2D eigenvalue weighted by Crippen LogP contribution is 2.38. The molecule has 1 amide bonds. The van der Waals surface area contributed by atoms with Crippen molar-refractivity contribution in [2.24, 2.45) is 5.92 Å².